The van der Waals surface area contributed by atoms with Crippen molar-refractivity contribution >= 4 is 0 Å². The maximum Gasteiger partial charge on any atom is 0.119 e. The van der Waals surface area contributed by atoms with Crippen LogP contribution in [0.15, 0.2) is 18.2 Å². The van der Waals surface area contributed by atoms with Crippen molar-refractivity contribution < 1.29 is 4.74 Å². The monoisotopic (exact) mass is 262 g/mol. The molecule has 1 aromatic rings. The van der Waals surface area contributed by atoms with Crippen molar-refractivity contribution in [2.45, 2.75) is 32.7 Å². The molecule has 3 heteroatoms. The van der Waals surface area contributed by atoms with E-state index in [4.69, 9.17) is 10.5 Å². The molecule has 1 aliphatic heterocycles. The summed E-state index contributed by atoms with van der Waals surface area (Å²) in [6, 6.07) is 6.90. The summed E-state index contributed by atoms with van der Waals surface area (Å²) in [6.45, 7) is 6.47. The van der Waals surface area contributed by atoms with Gasteiger partial charge in [0.2, 0.25) is 0 Å². The average molecular weight is 262 g/mol. The zero-order valence-corrected chi connectivity index (χ0v) is 12.6. The first-order valence-corrected chi connectivity index (χ1v) is 7.06. The number of ether oxygens (including phenoxy) is 1. The number of hydrogen-bond donors (Lipinski definition) is 1. The third-order valence-corrected chi connectivity index (χ3v) is 4.35. The van der Waals surface area contributed by atoms with E-state index >= 15 is 0 Å². The van der Waals surface area contributed by atoms with E-state index in [2.05, 4.69) is 44.0 Å². The Morgan fingerprint density at radius 3 is 2.79 bits per heavy atom. The Morgan fingerprint density at radius 2 is 2.16 bits per heavy atom. The van der Waals surface area contributed by atoms with Crippen molar-refractivity contribution in [3.63, 3.8) is 0 Å². The average Bonchev–Trinajstić information content (AvgIpc) is 2.37. The van der Waals surface area contributed by atoms with E-state index in [1.807, 2.05) is 0 Å². The van der Waals surface area contributed by atoms with Gasteiger partial charge < -0.3 is 10.5 Å². The van der Waals surface area contributed by atoms with E-state index in [-0.39, 0.29) is 5.41 Å². The molecule has 1 unspecified atom stereocenters. The van der Waals surface area contributed by atoms with Crippen LogP contribution in [0.3, 0.4) is 0 Å². The van der Waals surface area contributed by atoms with E-state index < -0.39 is 0 Å². The number of methoxy groups -OCH3 is 1. The summed E-state index contributed by atoms with van der Waals surface area (Å²) in [5, 5.41) is 0. The number of nitrogens with zero attached hydrogens (tertiary/aromatic N) is 1. The number of fused-ring (bicyclic) bond motifs is 1. The smallest absolute Gasteiger partial charge is 0.119 e. The molecule has 106 valence electrons. The molecule has 0 aliphatic carbocycles. The van der Waals surface area contributed by atoms with Crippen molar-refractivity contribution in [1.82, 2.24) is 4.90 Å². The Kier molecular flexibility index (Phi) is 4.16. The molecule has 2 rings (SSSR count). The summed E-state index contributed by atoms with van der Waals surface area (Å²) in [6.07, 6.45) is 2.14. The number of benzene rings is 1. The van der Waals surface area contributed by atoms with E-state index in [9.17, 15) is 0 Å². The van der Waals surface area contributed by atoms with E-state index in [1.54, 1.807) is 7.11 Å². The summed E-state index contributed by atoms with van der Waals surface area (Å²) in [4.78, 5) is 2.46. The maximum atomic E-state index is 5.80. The van der Waals surface area contributed by atoms with Crippen LogP contribution in [0.1, 0.15) is 37.4 Å². The normalized spacial score (nSPS) is 20.2. The Labute approximate surface area is 116 Å². The molecule has 1 atom stereocenters. The van der Waals surface area contributed by atoms with Crippen LogP contribution < -0.4 is 10.5 Å². The standard InChI is InChI=1S/C16H26N2O/c1-16(2,8-9-17)15-14-11-13(19-4)6-5-12(14)7-10-18(15)3/h5-6,11,15H,7-10,17H2,1-4H3. The second kappa shape index (κ2) is 5.51. The summed E-state index contributed by atoms with van der Waals surface area (Å²) in [5.74, 6) is 0.947. The number of nitrogens with two attached hydrogens (primary N) is 1. The minimum Gasteiger partial charge on any atom is -0.497 e. The molecule has 0 bridgehead atoms. The predicted octanol–water partition coefficient (Wildman–Crippen LogP) is 2.60. The van der Waals surface area contributed by atoms with Gasteiger partial charge in [-0.2, -0.15) is 0 Å². The quantitative estimate of drug-likeness (QED) is 0.906. The number of hydrogen-bond acceptors (Lipinski definition) is 3. The van der Waals surface area contributed by atoms with Crippen LogP contribution in [-0.4, -0.2) is 32.1 Å². The Balaban J connectivity index is 2.44. The van der Waals surface area contributed by atoms with Gasteiger partial charge in [0, 0.05) is 12.6 Å². The molecule has 0 aromatic heterocycles. The van der Waals surface area contributed by atoms with Crippen molar-refractivity contribution in [3.8, 4) is 5.75 Å². The molecule has 2 N–H and O–H groups in total. The van der Waals surface area contributed by atoms with Crippen LogP contribution in [0.2, 0.25) is 0 Å². The Morgan fingerprint density at radius 1 is 1.42 bits per heavy atom. The molecule has 0 amide bonds. The lowest BCUT2D eigenvalue weighted by atomic mass is 9.74. The number of likely N-dealkylation sites (N-methyl/N-ethyl adjacent to an activating group) is 1. The summed E-state index contributed by atoms with van der Waals surface area (Å²) in [5.41, 5.74) is 8.83. The topological polar surface area (TPSA) is 38.5 Å². The Hall–Kier alpha value is -1.06. The fourth-order valence-electron chi connectivity index (χ4n) is 3.37. The summed E-state index contributed by atoms with van der Waals surface area (Å²) >= 11 is 0. The lowest BCUT2D eigenvalue weighted by Gasteiger charge is -2.44. The SMILES string of the molecule is COc1ccc2c(c1)C(C(C)(C)CCN)N(C)CC2. The third-order valence-electron chi connectivity index (χ3n) is 4.35. The first-order valence-electron chi connectivity index (χ1n) is 7.06. The molecule has 0 radical (unpaired) electrons. The van der Waals surface area contributed by atoms with Crippen LogP contribution in [-0.2, 0) is 6.42 Å². The minimum atomic E-state index is 0.172. The van der Waals surface area contributed by atoms with Gasteiger partial charge in [-0.25, -0.2) is 0 Å². The first-order chi connectivity index (χ1) is 8.99. The highest BCUT2D eigenvalue weighted by molar-refractivity contribution is 5.40. The zero-order chi connectivity index (χ0) is 14.0. The molecule has 0 spiro atoms. The van der Waals surface area contributed by atoms with Crippen molar-refractivity contribution in [2.24, 2.45) is 11.1 Å². The summed E-state index contributed by atoms with van der Waals surface area (Å²) in [7, 11) is 3.94. The van der Waals surface area contributed by atoms with Gasteiger partial charge in [-0.1, -0.05) is 19.9 Å². The van der Waals surface area contributed by atoms with Gasteiger partial charge in [-0.3, -0.25) is 4.90 Å². The van der Waals surface area contributed by atoms with Gasteiger partial charge in [-0.05, 0) is 55.1 Å². The number of rotatable bonds is 4. The van der Waals surface area contributed by atoms with Gasteiger partial charge >= 0.3 is 0 Å². The predicted molar refractivity (Wildman–Crippen MR) is 79.5 cm³/mol. The van der Waals surface area contributed by atoms with Crippen LogP contribution in [0.5, 0.6) is 5.75 Å². The molecule has 0 fully saturated rings. The van der Waals surface area contributed by atoms with Gasteiger partial charge in [-0.15, -0.1) is 0 Å². The minimum absolute atomic E-state index is 0.172. The Bertz CT molecular complexity index is 442. The van der Waals surface area contributed by atoms with Gasteiger partial charge in [0.15, 0.2) is 0 Å². The molecule has 19 heavy (non-hydrogen) atoms. The molecule has 3 nitrogen and oxygen atoms in total. The van der Waals surface area contributed by atoms with E-state index in [1.165, 1.54) is 11.1 Å². The second-order valence-corrected chi connectivity index (χ2v) is 6.23. The van der Waals surface area contributed by atoms with Crippen molar-refractivity contribution in [3.05, 3.63) is 29.3 Å². The van der Waals surface area contributed by atoms with E-state index in [0.29, 0.717) is 6.04 Å². The fourth-order valence-corrected chi connectivity index (χ4v) is 3.37. The second-order valence-electron chi connectivity index (χ2n) is 6.23. The van der Waals surface area contributed by atoms with Crippen LogP contribution in [0, 0.1) is 5.41 Å². The zero-order valence-electron chi connectivity index (χ0n) is 12.6. The molecular weight excluding hydrogens is 236 g/mol. The highest BCUT2D eigenvalue weighted by atomic mass is 16.5. The lowest BCUT2D eigenvalue weighted by Crippen LogP contribution is -2.41. The first kappa shape index (κ1) is 14.4. The van der Waals surface area contributed by atoms with Crippen LogP contribution in [0.4, 0.5) is 0 Å². The lowest BCUT2D eigenvalue weighted by molar-refractivity contribution is 0.0957. The van der Waals surface area contributed by atoms with Crippen LogP contribution in [0.25, 0.3) is 0 Å². The van der Waals surface area contributed by atoms with Gasteiger partial charge in [0.1, 0.15) is 5.75 Å². The van der Waals surface area contributed by atoms with Gasteiger partial charge in [0.05, 0.1) is 7.11 Å². The fraction of sp³-hybridized carbons (Fsp3) is 0.625. The molecule has 0 saturated heterocycles. The molecule has 1 heterocycles. The molecule has 1 aromatic carbocycles. The molecule has 0 saturated carbocycles. The molecular formula is C16H26N2O. The largest absolute Gasteiger partial charge is 0.497 e. The summed E-state index contributed by atoms with van der Waals surface area (Å²) < 4.78 is 5.39. The van der Waals surface area contributed by atoms with Crippen molar-refractivity contribution in [1.29, 1.82) is 0 Å². The van der Waals surface area contributed by atoms with Gasteiger partial charge in [0.25, 0.3) is 0 Å². The van der Waals surface area contributed by atoms with Crippen molar-refractivity contribution in [2.75, 3.05) is 27.2 Å². The van der Waals surface area contributed by atoms with Crippen LogP contribution >= 0.6 is 0 Å². The third kappa shape index (κ3) is 2.77. The molecule has 1 aliphatic rings. The highest BCUT2D eigenvalue weighted by Gasteiger charge is 2.36. The maximum absolute atomic E-state index is 5.80. The van der Waals surface area contributed by atoms with E-state index in [0.717, 1.165) is 31.7 Å². The highest BCUT2D eigenvalue weighted by Crippen LogP contribution is 2.44.